The van der Waals surface area contributed by atoms with E-state index in [1.165, 1.54) is 4.31 Å². The van der Waals surface area contributed by atoms with Crippen molar-refractivity contribution in [2.75, 3.05) is 18.0 Å². The molecule has 1 aromatic heterocycles. The number of anilines is 1. The number of piperidine rings is 1. The summed E-state index contributed by atoms with van der Waals surface area (Å²) in [5.74, 6) is -0.202. The van der Waals surface area contributed by atoms with E-state index in [2.05, 4.69) is 11.2 Å². The first kappa shape index (κ1) is 24.5. The first-order valence-corrected chi connectivity index (χ1v) is 13.8. The highest BCUT2D eigenvalue weighted by atomic mass is 32.2. The molecule has 0 bridgehead atoms. The van der Waals surface area contributed by atoms with Crippen LogP contribution in [0.5, 0.6) is 0 Å². The zero-order chi connectivity index (χ0) is 25.4. The summed E-state index contributed by atoms with van der Waals surface area (Å²) >= 11 is 0. The molecule has 188 valence electrons. The Morgan fingerprint density at radius 3 is 2.61 bits per heavy atom. The van der Waals surface area contributed by atoms with E-state index < -0.39 is 15.9 Å². The zero-order valence-electron chi connectivity index (χ0n) is 20.8. The molecule has 1 fully saturated rings. The molecule has 7 nitrogen and oxygen atoms in total. The van der Waals surface area contributed by atoms with Crippen LogP contribution >= 0.6 is 0 Å². The van der Waals surface area contributed by atoms with Gasteiger partial charge in [-0.1, -0.05) is 59.3 Å². The third-order valence-electron chi connectivity index (χ3n) is 7.11. The second kappa shape index (κ2) is 9.67. The average molecular weight is 506 g/mol. The Labute approximate surface area is 212 Å². The van der Waals surface area contributed by atoms with Crippen molar-refractivity contribution in [3.05, 3.63) is 76.7 Å². The van der Waals surface area contributed by atoms with E-state index in [0.717, 1.165) is 28.8 Å². The second-order valence-corrected chi connectivity index (χ2v) is 11.7. The van der Waals surface area contributed by atoms with Crippen molar-refractivity contribution < 1.29 is 17.7 Å². The standard InChI is InChI=1S/C28H31N3O4S/c1-19-10-12-22(13-11-19)14-15-26-27(21(3)29-35-26)36(33,34)30-16-6-8-24(18-30)28(32)31-20(2)17-23-7-4-5-9-25(23)31/h4-5,7,9-15,20,24H,6,8,16-18H2,1-3H3/b15-14+/t20-,24+/m0/s1. The van der Waals surface area contributed by atoms with Gasteiger partial charge in [0.05, 0.1) is 5.92 Å². The number of nitrogens with zero attached hydrogens (tertiary/aromatic N) is 3. The van der Waals surface area contributed by atoms with Gasteiger partial charge in [-0.15, -0.1) is 0 Å². The monoisotopic (exact) mass is 505 g/mol. The van der Waals surface area contributed by atoms with Gasteiger partial charge in [-0.05, 0) is 63.3 Å². The number of hydrogen-bond donors (Lipinski definition) is 0. The molecule has 2 atom stereocenters. The maximum atomic E-state index is 13.8. The first-order chi connectivity index (χ1) is 17.3. The van der Waals surface area contributed by atoms with Gasteiger partial charge < -0.3 is 9.42 Å². The summed E-state index contributed by atoms with van der Waals surface area (Å²) in [6.45, 7) is 6.21. The van der Waals surface area contributed by atoms with Gasteiger partial charge in [0, 0.05) is 24.8 Å². The summed E-state index contributed by atoms with van der Waals surface area (Å²) in [7, 11) is -3.90. The molecular formula is C28H31N3O4S. The van der Waals surface area contributed by atoms with Crippen molar-refractivity contribution in [1.29, 1.82) is 0 Å². The summed E-state index contributed by atoms with van der Waals surface area (Å²) < 4.78 is 34.4. The molecule has 0 N–H and O–H groups in total. The molecule has 0 spiro atoms. The largest absolute Gasteiger partial charge is 0.355 e. The van der Waals surface area contributed by atoms with Gasteiger partial charge in [-0.3, -0.25) is 4.79 Å². The molecule has 5 rings (SSSR count). The molecule has 8 heteroatoms. The summed E-state index contributed by atoms with van der Waals surface area (Å²) in [5, 5.41) is 3.95. The van der Waals surface area contributed by atoms with Crippen molar-refractivity contribution in [3.8, 4) is 0 Å². The van der Waals surface area contributed by atoms with Crippen molar-refractivity contribution in [2.24, 2.45) is 5.92 Å². The summed E-state index contributed by atoms with van der Waals surface area (Å²) in [6, 6.07) is 15.9. The van der Waals surface area contributed by atoms with E-state index in [1.807, 2.05) is 67.3 Å². The number of amides is 1. The van der Waals surface area contributed by atoms with Crippen molar-refractivity contribution in [1.82, 2.24) is 9.46 Å². The van der Waals surface area contributed by atoms with E-state index in [9.17, 15) is 13.2 Å². The molecule has 1 saturated heterocycles. The molecular weight excluding hydrogens is 474 g/mol. The molecule has 1 amide bonds. The van der Waals surface area contributed by atoms with E-state index in [-0.39, 0.29) is 29.1 Å². The minimum absolute atomic E-state index is 0.00567. The van der Waals surface area contributed by atoms with Crippen LogP contribution in [0.4, 0.5) is 5.69 Å². The highest BCUT2D eigenvalue weighted by Gasteiger charge is 2.40. The second-order valence-electron chi connectivity index (χ2n) is 9.80. The smallest absolute Gasteiger partial charge is 0.248 e. The highest BCUT2D eigenvalue weighted by Crippen LogP contribution is 2.35. The Morgan fingerprint density at radius 2 is 1.83 bits per heavy atom. The van der Waals surface area contributed by atoms with E-state index in [1.54, 1.807) is 13.0 Å². The van der Waals surface area contributed by atoms with E-state index >= 15 is 0 Å². The lowest BCUT2D eigenvalue weighted by Gasteiger charge is -2.34. The molecule has 0 saturated carbocycles. The Balaban J connectivity index is 1.38. The molecule has 2 aliphatic heterocycles. The summed E-state index contributed by atoms with van der Waals surface area (Å²) in [4.78, 5) is 15.5. The van der Waals surface area contributed by atoms with Gasteiger partial charge in [-0.2, -0.15) is 4.31 Å². The summed E-state index contributed by atoms with van der Waals surface area (Å²) in [5.41, 5.74) is 4.49. The molecule has 0 aliphatic carbocycles. The lowest BCUT2D eigenvalue weighted by atomic mass is 9.97. The number of para-hydroxylation sites is 1. The van der Waals surface area contributed by atoms with Gasteiger partial charge >= 0.3 is 0 Å². The van der Waals surface area contributed by atoms with E-state index in [4.69, 9.17) is 4.52 Å². The number of benzene rings is 2. The van der Waals surface area contributed by atoms with Crippen LogP contribution < -0.4 is 4.90 Å². The number of hydrogen-bond acceptors (Lipinski definition) is 5. The Hall–Kier alpha value is -3.23. The fourth-order valence-corrected chi connectivity index (χ4v) is 7.01. The number of aromatic nitrogens is 1. The zero-order valence-corrected chi connectivity index (χ0v) is 21.7. The van der Waals surface area contributed by atoms with Crippen LogP contribution in [0.2, 0.25) is 0 Å². The first-order valence-electron chi connectivity index (χ1n) is 12.4. The van der Waals surface area contributed by atoms with Crippen LogP contribution in [0.25, 0.3) is 12.2 Å². The molecule has 0 radical (unpaired) electrons. The Morgan fingerprint density at radius 1 is 1.08 bits per heavy atom. The van der Waals surface area contributed by atoms with Crippen LogP contribution in [0.1, 0.15) is 47.9 Å². The lowest BCUT2D eigenvalue weighted by molar-refractivity contribution is -0.123. The van der Waals surface area contributed by atoms with Crippen LogP contribution in [0.15, 0.2) is 57.9 Å². The minimum Gasteiger partial charge on any atom is -0.355 e. The van der Waals surface area contributed by atoms with Gasteiger partial charge in [-0.25, -0.2) is 8.42 Å². The molecule has 2 aromatic carbocycles. The number of carbonyl (C=O) groups excluding carboxylic acids is 1. The number of fused-ring (bicyclic) bond motifs is 1. The maximum absolute atomic E-state index is 13.8. The highest BCUT2D eigenvalue weighted by molar-refractivity contribution is 7.89. The van der Waals surface area contributed by atoms with Gasteiger partial charge in [0.25, 0.3) is 0 Å². The number of sulfonamides is 1. The fraction of sp³-hybridized carbons (Fsp3) is 0.357. The van der Waals surface area contributed by atoms with Gasteiger partial charge in [0.2, 0.25) is 15.9 Å². The van der Waals surface area contributed by atoms with Crippen molar-refractivity contribution in [3.63, 3.8) is 0 Å². The normalized spacial score (nSPS) is 20.7. The Kier molecular flexibility index (Phi) is 6.57. The van der Waals surface area contributed by atoms with Crippen LogP contribution in [0.3, 0.4) is 0 Å². The summed E-state index contributed by atoms with van der Waals surface area (Å²) in [6.07, 6.45) is 5.56. The van der Waals surface area contributed by atoms with Crippen LogP contribution in [0, 0.1) is 19.8 Å². The lowest BCUT2D eigenvalue weighted by Crippen LogP contribution is -2.48. The predicted molar refractivity (Wildman–Crippen MR) is 140 cm³/mol. The van der Waals surface area contributed by atoms with Crippen molar-refractivity contribution in [2.45, 2.75) is 51.0 Å². The third kappa shape index (κ3) is 4.51. The molecule has 3 heterocycles. The molecule has 36 heavy (non-hydrogen) atoms. The molecule has 2 aliphatic rings. The SMILES string of the molecule is Cc1ccc(/C=C/c2onc(C)c2S(=O)(=O)N2CCC[C@@H](C(=O)N3c4ccccc4C[C@@H]3C)C2)cc1. The van der Waals surface area contributed by atoms with Gasteiger partial charge in [0.1, 0.15) is 5.69 Å². The molecule has 0 unspecified atom stereocenters. The average Bonchev–Trinajstić information content (AvgIpc) is 3.42. The van der Waals surface area contributed by atoms with E-state index in [0.29, 0.717) is 25.1 Å². The van der Waals surface area contributed by atoms with Crippen molar-refractivity contribution >= 4 is 33.8 Å². The topological polar surface area (TPSA) is 83.7 Å². The maximum Gasteiger partial charge on any atom is 0.248 e. The molecule has 3 aromatic rings. The number of rotatable bonds is 5. The quantitative estimate of drug-likeness (QED) is 0.495. The Bertz CT molecular complexity index is 1410. The van der Waals surface area contributed by atoms with Gasteiger partial charge in [0.15, 0.2) is 10.7 Å². The fourth-order valence-electron chi connectivity index (χ4n) is 5.24. The van der Waals surface area contributed by atoms with Crippen LogP contribution in [-0.2, 0) is 21.2 Å². The van der Waals surface area contributed by atoms with Crippen LogP contribution in [-0.4, -0.2) is 42.9 Å². The number of carbonyl (C=O) groups is 1. The number of aryl methyl sites for hydroxylation is 2. The third-order valence-corrected chi connectivity index (χ3v) is 9.14. The minimum atomic E-state index is -3.90. The predicted octanol–water partition coefficient (Wildman–Crippen LogP) is 4.84.